The Bertz CT molecular complexity index is 741. The van der Waals surface area contributed by atoms with Crippen LogP contribution in [0.1, 0.15) is 36.0 Å². The number of nitrogens with one attached hydrogen (secondary N) is 1. The van der Waals surface area contributed by atoms with Gasteiger partial charge < -0.3 is 9.84 Å². The number of nitrogens with zero attached hydrogens (tertiary/aromatic N) is 3. The normalized spacial score (nSPS) is 16.4. The molecular formula is C18H21F3N4O2. The van der Waals surface area contributed by atoms with Gasteiger partial charge in [0.05, 0.1) is 6.54 Å². The molecule has 1 aliphatic rings. The van der Waals surface area contributed by atoms with Gasteiger partial charge in [-0.3, -0.25) is 9.69 Å². The molecule has 2 heterocycles. The van der Waals surface area contributed by atoms with Gasteiger partial charge in [-0.15, -0.1) is 0 Å². The predicted octanol–water partition coefficient (Wildman–Crippen LogP) is 2.63. The van der Waals surface area contributed by atoms with Crippen molar-refractivity contribution in [3.8, 4) is 0 Å². The molecule has 0 aliphatic carbocycles. The quantitative estimate of drug-likeness (QED) is 0.832. The average Bonchev–Trinajstić information content (AvgIpc) is 3.12. The Hall–Kier alpha value is -2.42. The lowest BCUT2D eigenvalue weighted by atomic mass is 9.89. The minimum atomic E-state index is -4.65. The lowest BCUT2D eigenvalue weighted by molar-refractivity contribution is -0.159. The fourth-order valence-electron chi connectivity index (χ4n) is 3.19. The first kappa shape index (κ1) is 19.3. The van der Waals surface area contributed by atoms with Crippen LogP contribution in [0.4, 0.5) is 13.2 Å². The molecule has 0 saturated carbocycles. The van der Waals surface area contributed by atoms with Crippen molar-refractivity contribution in [3.05, 3.63) is 47.6 Å². The van der Waals surface area contributed by atoms with Crippen molar-refractivity contribution in [3.63, 3.8) is 0 Å². The summed E-state index contributed by atoms with van der Waals surface area (Å²) in [7, 11) is 0. The molecule has 9 heteroatoms. The Morgan fingerprint density at radius 2 is 1.93 bits per heavy atom. The van der Waals surface area contributed by atoms with Crippen LogP contribution < -0.4 is 5.32 Å². The molecule has 6 nitrogen and oxygen atoms in total. The molecule has 0 radical (unpaired) electrons. The van der Waals surface area contributed by atoms with Gasteiger partial charge in [0.25, 0.3) is 0 Å². The van der Waals surface area contributed by atoms with Crippen LogP contribution in [0.25, 0.3) is 0 Å². The van der Waals surface area contributed by atoms with Gasteiger partial charge in [0.1, 0.15) is 0 Å². The van der Waals surface area contributed by atoms with Crippen molar-refractivity contribution in [2.24, 2.45) is 0 Å². The maximum Gasteiger partial charge on any atom is 0.471 e. The Labute approximate surface area is 154 Å². The number of alkyl halides is 3. The largest absolute Gasteiger partial charge is 0.471 e. The van der Waals surface area contributed by atoms with Gasteiger partial charge in [-0.1, -0.05) is 35.5 Å². The molecule has 1 aliphatic heterocycles. The molecule has 0 bridgehead atoms. The minimum absolute atomic E-state index is 0.0775. The topological polar surface area (TPSA) is 71.3 Å². The van der Waals surface area contributed by atoms with Crippen LogP contribution in [0.2, 0.25) is 0 Å². The molecule has 1 saturated heterocycles. The summed E-state index contributed by atoms with van der Waals surface area (Å²) in [4.78, 5) is 17.4. The van der Waals surface area contributed by atoms with Gasteiger partial charge in [0.15, 0.2) is 5.82 Å². The summed E-state index contributed by atoms with van der Waals surface area (Å²) in [6.45, 7) is 2.12. The highest BCUT2D eigenvalue weighted by Crippen LogP contribution is 2.28. The van der Waals surface area contributed by atoms with Crippen LogP contribution in [0.5, 0.6) is 0 Å². The highest BCUT2D eigenvalue weighted by molar-refractivity contribution is 5.78. The Morgan fingerprint density at radius 1 is 1.22 bits per heavy atom. The first-order chi connectivity index (χ1) is 12.9. The Morgan fingerprint density at radius 3 is 2.56 bits per heavy atom. The summed E-state index contributed by atoms with van der Waals surface area (Å²) < 4.78 is 41.3. The Kier molecular flexibility index (Phi) is 6.10. The van der Waals surface area contributed by atoms with Gasteiger partial charge in [-0.2, -0.15) is 18.2 Å². The summed E-state index contributed by atoms with van der Waals surface area (Å²) in [5.41, 5.74) is 1.33. The van der Waals surface area contributed by atoms with Crippen LogP contribution in [0.3, 0.4) is 0 Å². The number of aromatic nitrogens is 2. The predicted molar refractivity (Wildman–Crippen MR) is 90.9 cm³/mol. The lowest BCUT2D eigenvalue weighted by Crippen LogP contribution is -2.41. The average molecular weight is 382 g/mol. The molecule has 27 heavy (non-hydrogen) atoms. The monoisotopic (exact) mass is 382 g/mol. The van der Waals surface area contributed by atoms with E-state index in [4.69, 9.17) is 0 Å². The van der Waals surface area contributed by atoms with Crippen molar-refractivity contribution in [1.29, 1.82) is 0 Å². The van der Waals surface area contributed by atoms with E-state index in [1.54, 1.807) is 0 Å². The standard InChI is InChI=1S/C18H21F3N4O2/c19-18(20,21)17-23-15(24-27-17)6-9-22-16(26)12-25-10-7-14(8-11-25)13-4-2-1-3-5-13/h1-5,14H,6-12H2,(H,22,26). The first-order valence-electron chi connectivity index (χ1n) is 8.85. The lowest BCUT2D eigenvalue weighted by Gasteiger charge is -2.31. The molecule has 2 aromatic rings. The van der Waals surface area contributed by atoms with Crippen molar-refractivity contribution >= 4 is 5.91 Å². The van der Waals surface area contributed by atoms with Crippen LogP contribution in [0, 0.1) is 0 Å². The molecule has 0 unspecified atom stereocenters. The zero-order valence-electron chi connectivity index (χ0n) is 14.7. The SMILES string of the molecule is O=C(CN1CCC(c2ccccc2)CC1)NCCc1noc(C(F)(F)F)n1. The number of halogens is 3. The van der Waals surface area contributed by atoms with E-state index in [-0.39, 0.29) is 31.2 Å². The molecule has 0 atom stereocenters. The highest BCUT2D eigenvalue weighted by atomic mass is 19.4. The fraction of sp³-hybridized carbons (Fsp3) is 0.500. The Balaban J connectivity index is 1.36. The van der Waals surface area contributed by atoms with E-state index in [9.17, 15) is 18.0 Å². The van der Waals surface area contributed by atoms with Gasteiger partial charge in [0.2, 0.25) is 5.91 Å². The van der Waals surface area contributed by atoms with Gasteiger partial charge >= 0.3 is 12.1 Å². The van der Waals surface area contributed by atoms with Crippen LogP contribution in [0.15, 0.2) is 34.9 Å². The molecule has 1 aromatic heterocycles. The van der Waals surface area contributed by atoms with Crippen molar-refractivity contribution in [2.75, 3.05) is 26.2 Å². The second-order valence-electron chi connectivity index (χ2n) is 6.57. The third kappa shape index (κ3) is 5.53. The van der Waals surface area contributed by atoms with Gasteiger partial charge in [0, 0.05) is 13.0 Å². The number of rotatable bonds is 6. The molecule has 3 rings (SSSR count). The fourth-order valence-corrected chi connectivity index (χ4v) is 3.19. The smallest absolute Gasteiger partial charge is 0.355 e. The summed E-state index contributed by atoms with van der Waals surface area (Å²) in [6.07, 6.45) is -2.57. The third-order valence-corrected chi connectivity index (χ3v) is 4.61. The first-order valence-corrected chi connectivity index (χ1v) is 8.85. The molecular weight excluding hydrogens is 361 g/mol. The zero-order chi connectivity index (χ0) is 19.3. The van der Waals surface area contributed by atoms with Crippen LogP contribution in [-0.2, 0) is 17.4 Å². The third-order valence-electron chi connectivity index (χ3n) is 4.61. The molecule has 0 spiro atoms. The maximum atomic E-state index is 12.4. The van der Waals surface area contributed by atoms with Crippen LogP contribution in [-0.4, -0.2) is 47.1 Å². The number of hydrogen-bond acceptors (Lipinski definition) is 5. The summed E-state index contributed by atoms with van der Waals surface area (Å²) in [5.74, 6) is -1.09. The summed E-state index contributed by atoms with van der Waals surface area (Å²) >= 11 is 0. The molecule has 146 valence electrons. The number of benzene rings is 1. The van der Waals surface area contributed by atoms with Crippen molar-refractivity contribution in [1.82, 2.24) is 20.4 Å². The molecule has 1 amide bonds. The minimum Gasteiger partial charge on any atom is -0.355 e. The van der Waals surface area contributed by atoms with E-state index in [2.05, 4.69) is 37.0 Å². The maximum absolute atomic E-state index is 12.4. The van der Waals surface area contributed by atoms with Gasteiger partial charge in [-0.25, -0.2) is 0 Å². The zero-order valence-corrected chi connectivity index (χ0v) is 14.7. The number of likely N-dealkylation sites (tertiary alicyclic amines) is 1. The number of hydrogen-bond donors (Lipinski definition) is 1. The summed E-state index contributed by atoms with van der Waals surface area (Å²) in [5, 5.41) is 5.95. The van der Waals surface area contributed by atoms with E-state index in [1.807, 2.05) is 18.2 Å². The van der Waals surface area contributed by atoms with E-state index in [1.165, 1.54) is 5.56 Å². The van der Waals surface area contributed by atoms with E-state index in [0.29, 0.717) is 5.92 Å². The molecule has 1 fully saturated rings. The molecule has 1 aromatic carbocycles. The summed E-state index contributed by atoms with van der Waals surface area (Å²) in [6, 6.07) is 10.3. The van der Waals surface area contributed by atoms with Crippen molar-refractivity contribution in [2.45, 2.75) is 31.4 Å². The van der Waals surface area contributed by atoms with E-state index in [0.717, 1.165) is 25.9 Å². The number of piperidine rings is 1. The van der Waals surface area contributed by atoms with E-state index < -0.39 is 12.1 Å². The van der Waals surface area contributed by atoms with E-state index >= 15 is 0 Å². The number of carbonyl (C=O) groups excluding carboxylic acids is 1. The van der Waals surface area contributed by atoms with Crippen molar-refractivity contribution < 1.29 is 22.5 Å². The second-order valence-corrected chi connectivity index (χ2v) is 6.57. The number of amides is 1. The van der Waals surface area contributed by atoms with Crippen LogP contribution >= 0.6 is 0 Å². The van der Waals surface area contributed by atoms with Gasteiger partial charge in [-0.05, 0) is 37.4 Å². The number of carbonyl (C=O) groups is 1. The molecule has 1 N–H and O–H groups in total. The highest BCUT2D eigenvalue weighted by Gasteiger charge is 2.38. The second kappa shape index (κ2) is 8.51.